The van der Waals surface area contributed by atoms with Crippen LogP contribution in [0.2, 0.25) is 0 Å². The van der Waals surface area contributed by atoms with Crippen LogP contribution >= 0.6 is 0 Å². The Morgan fingerprint density at radius 1 is 1.16 bits per heavy atom. The second-order valence-electron chi connectivity index (χ2n) is 6.00. The molecule has 1 N–H and O–H groups in total. The zero-order chi connectivity index (χ0) is 18.4. The summed E-state index contributed by atoms with van der Waals surface area (Å²) >= 11 is 0. The first-order valence-corrected chi connectivity index (χ1v) is 8.23. The maximum atomic E-state index is 12.4. The molecule has 0 spiro atoms. The SMILES string of the molecule is CCN(CC(=O)Nc1c([N+](=O)[O-])ccc(C)c1C)Cc1ccccc1. The van der Waals surface area contributed by atoms with Crippen molar-refractivity contribution in [3.63, 3.8) is 0 Å². The van der Waals surface area contributed by atoms with Crippen LogP contribution in [0.5, 0.6) is 0 Å². The molecule has 25 heavy (non-hydrogen) atoms. The average Bonchev–Trinajstić information content (AvgIpc) is 2.59. The van der Waals surface area contributed by atoms with E-state index in [0.29, 0.717) is 18.7 Å². The molecule has 0 saturated heterocycles. The molecule has 0 aliphatic carbocycles. The Balaban J connectivity index is 2.11. The third kappa shape index (κ3) is 4.87. The first-order valence-electron chi connectivity index (χ1n) is 8.23. The van der Waals surface area contributed by atoms with E-state index in [4.69, 9.17) is 0 Å². The molecule has 132 valence electrons. The third-order valence-electron chi connectivity index (χ3n) is 4.24. The number of nitrogens with one attached hydrogen (secondary N) is 1. The van der Waals surface area contributed by atoms with Gasteiger partial charge in [-0.25, -0.2) is 0 Å². The highest BCUT2D eigenvalue weighted by molar-refractivity contribution is 5.95. The van der Waals surface area contributed by atoms with Crippen molar-refractivity contribution in [3.8, 4) is 0 Å². The molecule has 0 aromatic heterocycles. The average molecular weight is 341 g/mol. The number of nitro groups is 1. The topological polar surface area (TPSA) is 75.5 Å². The Morgan fingerprint density at radius 2 is 1.84 bits per heavy atom. The molecule has 2 rings (SSSR count). The summed E-state index contributed by atoms with van der Waals surface area (Å²) in [5, 5.41) is 14.0. The van der Waals surface area contributed by atoms with Gasteiger partial charge in [0.05, 0.1) is 11.5 Å². The van der Waals surface area contributed by atoms with Gasteiger partial charge in [-0.05, 0) is 37.1 Å². The molecular formula is C19H23N3O3. The Labute approximate surface area is 147 Å². The number of hydrogen-bond donors (Lipinski definition) is 1. The zero-order valence-corrected chi connectivity index (χ0v) is 14.8. The van der Waals surface area contributed by atoms with Crippen LogP contribution in [0.25, 0.3) is 0 Å². The van der Waals surface area contributed by atoms with Crippen LogP contribution in [-0.2, 0) is 11.3 Å². The predicted octanol–water partition coefficient (Wildman–Crippen LogP) is 3.67. The molecule has 0 aliphatic rings. The van der Waals surface area contributed by atoms with Crippen molar-refractivity contribution in [2.45, 2.75) is 27.3 Å². The van der Waals surface area contributed by atoms with Gasteiger partial charge < -0.3 is 5.32 Å². The van der Waals surface area contributed by atoms with Gasteiger partial charge in [-0.2, -0.15) is 0 Å². The summed E-state index contributed by atoms with van der Waals surface area (Å²) in [6.45, 7) is 7.16. The minimum absolute atomic E-state index is 0.0810. The number of amides is 1. The number of carbonyl (C=O) groups is 1. The fourth-order valence-corrected chi connectivity index (χ4v) is 2.61. The molecule has 2 aromatic rings. The maximum Gasteiger partial charge on any atom is 0.293 e. The van der Waals surface area contributed by atoms with Crippen LogP contribution in [0, 0.1) is 24.0 Å². The number of rotatable bonds is 7. The normalized spacial score (nSPS) is 10.7. The first kappa shape index (κ1) is 18.6. The van der Waals surface area contributed by atoms with E-state index in [9.17, 15) is 14.9 Å². The van der Waals surface area contributed by atoms with E-state index < -0.39 is 4.92 Å². The molecular weight excluding hydrogens is 318 g/mol. The van der Waals surface area contributed by atoms with Gasteiger partial charge >= 0.3 is 0 Å². The lowest BCUT2D eigenvalue weighted by atomic mass is 10.1. The van der Waals surface area contributed by atoms with E-state index in [0.717, 1.165) is 11.1 Å². The van der Waals surface area contributed by atoms with Crippen molar-refractivity contribution in [2.24, 2.45) is 0 Å². The summed E-state index contributed by atoms with van der Waals surface area (Å²) in [7, 11) is 0. The molecule has 0 unspecified atom stereocenters. The lowest BCUT2D eigenvalue weighted by Gasteiger charge is -2.20. The number of carbonyl (C=O) groups excluding carboxylic acids is 1. The Hall–Kier alpha value is -2.73. The van der Waals surface area contributed by atoms with E-state index in [1.165, 1.54) is 6.07 Å². The second kappa shape index (κ2) is 8.39. The maximum absolute atomic E-state index is 12.4. The van der Waals surface area contributed by atoms with Crippen molar-refractivity contribution in [3.05, 3.63) is 69.3 Å². The summed E-state index contributed by atoms with van der Waals surface area (Å²) in [5.41, 5.74) is 2.94. The molecule has 6 heteroatoms. The van der Waals surface area contributed by atoms with E-state index in [2.05, 4.69) is 5.32 Å². The van der Waals surface area contributed by atoms with Crippen molar-refractivity contribution in [2.75, 3.05) is 18.4 Å². The summed E-state index contributed by atoms with van der Waals surface area (Å²) in [6.07, 6.45) is 0. The molecule has 0 saturated carbocycles. The van der Waals surface area contributed by atoms with Crippen LogP contribution < -0.4 is 5.32 Å². The van der Waals surface area contributed by atoms with E-state index in [-0.39, 0.29) is 23.8 Å². The van der Waals surface area contributed by atoms with Crippen LogP contribution in [-0.4, -0.2) is 28.8 Å². The van der Waals surface area contributed by atoms with Crippen molar-refractivity contribution >= 4 is 17.3 Å². The molecule has 1 amide bonds. The fourth-order valence-electron chi connectivity index (χ4n) is 2.61. The van der Waals surface area contributed by atoms with E-state index in [1.54, 1.807) is 13.0 Å². The molecule has 0 atom stereocenters. The van der Waals surface area contributed by atoms with Crippen LogP contribution in [0.1, 0.15) is 23.6 Å². The monoisotopic (exact) mass is 341 g/mol. The quantitative estimate of drug-likeness (QED) is 0.616. The second-order valence-corrected chi connectivity index (χ2v) is 6.00. The molecule has 6 nitrogen and oxygen atoms in total. The Kier molecular flexibility index (Phi) is 6.25. The number of benzene rings is 2. The lowest BCUT2D eigenvalue weighted by molar-refractivity contribution is -0.384. The summed E-state index contributed by atoms with van der Waals surface area (Å²) in [4.78, 5) is 25.2. The standard InChI is InChI=1S/C19H23N3O3/c1-4-21(12-16-8-6-5-7-9-16)13-18(23)20-19-15(3)14(2)10-11-17(19)22(24)25/h5-11H,4,12-13H2,1-3H3,(H,20,23). The summed E-state index contributed by atoms with van der Waals surface area (Å²) < 4.78 is 0. The zero-order valence-electron chi connectivity index (χ0n) is 14.8. The molecule has 0 heterocycles. The van der Waals surface area contributed by atoms with Crippen molar-refractivity contribution < 1.29 is 9.72 Å². The summed E-state index contributed by atoms with van der Waals surface area (Å²) in [5.74, 6) is -0.255. The van der Waals surface area contributed by atoms with Gasteiger partial charge in [0, 0.05) is 12.6 Å². The number of hydrogen-bond acceptors (Lipinski definition) is 4. The molecule has 0 bridgehead atoms. The minimum atomic E-state index is -0.469. The largest absolute Gasteiger partial charge is 0.319 e. The molecule has 0 fully saturated rings. The van der Waals surface area contributed by atoms with Crippen molar-refractivity contribution in [1.29, 1.82) is 0 Å². The van der Waals surface area contributed by atoms with Gasteiger partial charge in [0.25, 0.3) is 5.69 Å². The number of likely N-dealkylation sites (N-methyl/N-ethyl adjacent to an activating group) is 1. The first-order chi connectivity index (χ1) is 11.9. The van der Waals surface area contributed by atoms with Gasteiger partial charge in [0.15, 0.2) is 0 Å². The van der Waals surface area contributed by atoms with Crippen LogP contribution in [0.3, 0.4) is 0 Å². The van der Waals surface area contributed by atoms with E-state index >= 15 is 0 Å². The minimum Gasteiger partial charge on any atom is -0.319 e. The number of nitrogens with zero attached hydrogens (tertiary/aromatic N) is 2. The van der Waals surface area contributed by atoms with Crippen LogP contribution in [0.4, 0.5) is 11.4 Å². The molecule has 0 radical (unpaired) electrons. The number of aryl methyl sites for hydroxylation is 1. The summed E-state index contributed by atoms with van der Waals surface area (Å²) in [6, 6.07) is 13.0. The van der Waals surface area contributed by atoms with Gasteiger partial charge in [0.1, 0.15) is 5.69 Å². The fraction of sp³-hybridized carbons (Fsp3) is 0.316. The number of nitro benzene ring substituents is 1. The predicted molar refractivity (Wildman–Crippen MR) is 98.6 cm³/mol. The third-order valence-corrected chi connectivity index (χ3v) is 4.24. The van der Waals surface area contributed by atoms with Gasteiger partial charge in [-0.1, -0.05) is 43.3 Å². The van der Waals surface area contributed by atoms with Crippen LogP contribution in [0.15, 0.2) is 42.5 Å². The van der Waals surface area contributed by atoms with Gasteiger partial charge in [-0.15, -0.1) is 0 Å². The highest BCUT2D eigenvalue weighted by Gasteiger charge is 2.20. The smallest absolute Gasteiger partial charge is 0.293 e. The molecule has 0 aliphatic heterocycles. The highest BCUT2D eigenvalue weighted by atomic mass is 16.6. The van der Waals surface area contributed by atoms with E-state index in [1.807, 2.05) is 49.1 Å². The lowest BCUT2D eigenvalue weighted by Crippen LogP contribution is -2.33. The Bertz CT molecular complexity index is 760. The van der Waals surface area contributed by atoms with Gasteiger partial charge in [0.2, 0.25) is 5.91 Å². The van der Waals surface area contributed by atoms with Crippen molar-refractivity contribution in [1.82, 2.24) is 4.90 Å². The molecule has 2 aromatic carbocycles. The van der Waals surface area contributed by atoms with Gasteiger partial charge in [-0.3, -0.25) is 19.8 Å². The Morgan fingerprint density at radius 3 is 2.44 bits per heavy atom. The highest BCUT2D eigenvalue weighted by Crippen LogP contribution is 2.30. The number of anilines is 1.